The Hall–Kier alpha value is -3.35. The number of ether oxygens (including phenoxy) is 3. The molecule has 0 bridgehead atoms. The zero-order valence-electron chi connectivity index (χ0n) is 15.4. The first kappa shape index (κ1) is 20.0. The lowest BCUT2D eigenvalue weighted by molar-refractivity contribution is -0.123. The molecule has 2 aromatic rings. The predicted octanol–water partition coefficient (Wildman–Crippen LogP) is 2.38. The van der Waals surface area contributed by atoms with Crippen LogP contribution in [0.15, 0.2) is 42.5 Å². The van der Waals surface area contributed by atoms with Gasteiger partial charge in [-0.25, -0.2) is 4.79 Å². The monoisotopic (exact) mass is 371 g/mol. The maximum Gasteiger partial charge on any atom is 0.337 e. The van der Waals surface area contributed by atoms with Gasteiger partial charge in [0.15, 0.2) is 23.9 Å². The van der Waals surface area contributed by atoms with E-state index in [2.05, 4.69) is 10.1 Å². The fraction of sp³-hybridized carbons (Fsp3) is 0.250. The second-order valence-corrected chi connectivity index (χ2v) is 5.68. The molecule has 0 spiro atoms. The number of ketones is 1. The standard InChI is InChI=1S/C20H21NO6/c1-13(22)16-8-9-17(18(10-16)25-2)27-12-19(23)21-11-14-4-6-15(7-5-14)20(24)26-3/h4-10H,11-12H2,1-3H3,(H,21,23). The zero-order valence-corrected chi connectivity index (χ0v) is 15.4. The van der Waals surface area contributed by atoms with Crippen molar-refractivity contribution in [2.75, 3.05) is 20.8 Å². The molecule has 7 heteroatoms. The number of carbonyl (C=O) groups is 3. The number of nitrogens with one attached hydrogen (secondary N) is 1. The van der Waals surface area contributed by atoms with Gasteiger partial charge in [-0.3, -0.25) is 9.59 Å². The van der Waals surface area contributed by atoms with Crippen molar-refractivity contribution in [2.24, 2.45) is 0 Å². The molecule has 0 aliphatic heterocycles. The normalized spacial score (nSPS) is 10.0. The molecule has 7 nitrogen and oxygen atoms in total. The van der Waals surface area contributed by atoms with Crippen LogP contribution in [0.25, 0.3) is 0 Å². The molecule has 0 fully saturated rings. The third-order valence-corrected chi connectivity index (χ3v) is 3.79. The van der Waals surface area contributed by atoms with Crippen LogP contribution in [0.4, 0.5) is 0 Å². The lowest BCUT2D eigenvalue weighted by Gasteiger charge is -2.12. The van der Waals surface area contributed by atoms with E-state index in [1.807, 2.05) is 0 Å². The summed E-state index contributed by atoms with van der Waals surface area (Å²) in [6, 6.07) is 11.5. The summed E-state index contributed by atoms with van der Waals surface area (Å²) in [5, 5.41) is 2.72. The van der Waals surface area contributed by atoms with E-state index < -0.39 is 5.97 Å². The van der Waals surface area contributed by atoms with Crippen molar-refractivity contribution in [3.8, 4) is 11.5 Å². The first-order valence-corrected chi connectivity index (χ1v) is 8.20. The summed E-state index contributed by atoms with van der Waals surface area (Å²) >= 11 is 0. The molecule has 27 heavy (non-hydrogen) atoms. The third-order valence-electron chi connectivity index (χ3n) is 3.79. The van der Waals surface area contributed by atoms with Crippen LogP contribution in [-0.4, -0.2) is 38.5 Å². The number of esters is 1. The average Bonchev–Trinajstić information content (AvgIpc) is 2.70. The highest BCUT2D eigenvalue weighted by molar-refractivity contribution is 5.94. The maximum absolute atomic E-state index is 12.0. The van der Waals surface area contributed by atoms with E-state index in [0.29, 0.717) is 29.2 Å². The fourth-order valence-electron chi connectivity index (χ4n) is 2.28. The smallest absolute Gasteiger partial charge is 0.337 e. The second-order valence-electron chi connectivity index (χ2n) is 5.68. The lowest BCUT2D eigenvalue weighted by atomic mass is 10.1. The van der Waals surface area contributed by atoms with Gasteiger partial charge in [-0.2, -0.15) is 0 Å². The van der Waals surface area contributed by atoms with Crippen molar-refractivity contribution in [2.45, 2.75) is 13.5 Å². The third kappa shape index (κ3) is 5.57. The van der Waals surface area contributed by atoms with Crippen LogP contribution < -0.4 is 14.8 Å². The molecule has 1 N–H and O–H groups in total. The highest BCUT2D eigenvalue weighted by Gasteiger charge is 2.11. The highest BCUT2D eigenvalue weighted by Crippen LogP contribution is 2.28. The molecule has 0 atom stereocenters. The van der Waals surface area contributed by atoms with Crippen LogP contribution in [0.5, 0.6) is 11.5 Å². The molecule has 0 aliphatic carbocycles. The van der Waals surface area contributed by atoms with Crippen molar-refractivity contribution in [3.63, 3.8) is 0 Å². The van der Waals surface area contributed by atoms with E-state index >= 15 is 0 Å². The SMILES string of the molecule is COC(=O)c1ccc(CNC(=O)COc2ccc(C(C)=O)cc2OC)cc1. The van der Waals surface area contributed by atoms with E-state index in [9.17, 15) is 14.4 Å². The Morgan fingerprint density at radius 1 is 0.926 bits per heavy atom. The molecule has 142 valence electrons. The molecule has 1 amide bonds. The Balaban J connectivity index is 1.87. The number of carbonyl (C=O) groups excluding carboxylic acids is 3. The number of methoxy groups -OCH3 is 2. The van der Waals surface area contributed by atoms with E-state index in [1.54, 1.807) is 42.5 Å². The van der Waals surface area contributed by atoms with Gasteiger partial charge < -0.3 is 19.5 Å². The minimum atomic E-state index is -0.413. The number of hydrogen-bond donors (Lipinski definition) is 1. The summed E-state index contributed by atoms with van der Waals surface area (Å²) in [6.07, 6.45) is 0. The van der Waals surface area contributed by atoms with Crippen LogP contribution in [0.3, 0.4) is 0 Å². The molecule has 0 radical (unpaired) electrons. The van der Waals surface area contributed by atoms with Crippen LogP contribution in [0.1, 0.15) is 33.2 Å². The van der Waals surface area contributed by atoms with Gasteiger partial charge in [0.2, 0.25) is 0 Å². The molecule has 0 aromatic heterocycles. The summed E-state index contributed by atoms with van der Waals surface area (Å²) < 4.78 is 15.3. The lowest BCUT2D eigenvalue weighted by Crippen LogP contribution is -2.28. The summed E-state index contributed by atoms with van der Waals surface area (Å²) in [5.41, 5.74) is 1.77. The number of Topliss-reactive ketones (excluding diaryl/α,β-unsaturated/α-hetero) is 1. The first-order valence-electron chi connectivity index (χ1n) is 8.20. The quantitative estimate of drug-likeness (QED) is 0.566. The average molecular weight is 371 g/mol. The van der Waals surface area contributed by atoms with Crippen molar-refractivity contribution >= 4 is 17.7 Å². The molecule has 0 aliphatic rings. The Bertz CT molecular complexity index is 829. The summed E-state index contributed by atoms with van der Waals surface area (Å²) in [6.45, 7) is 1.56. The molecule has 2 rings (SSSR count). The molecule has 2 aromatic carbocycles. The number of benzene rings is 2. The zero-order chi connectivity index (χ0) is 19.8. The van der Waals surface area contributed by atoms with Crippen LogP contribution in [0, 0.1) is 0 Å². The van der Waals surface area contributed by atoms with Crippen molar-refractivity contribution in [1.82, 2.24) is 5.32 Å². The van der Waals surface area contributed by atoms with Crippen molar-refractivity contribution < 1.29 is 28.6 Å². The molecule has 0 saturated heterocycles. The highest BCUT2D eigenvalue weighted by atomic mass is 16.5. The number of rotatable bonds is 8. The van der Waals surface area contributed by atoms with Crippen molar-refractivity contribution in [3.05, 3.63) is 59.2 Å². The largest absolute Gasteiger partial charge is 0.493 e. The Labute approximate surface area is 157 Å². The van der Waals surface area contributed by atoms with Gasteiger partial charge in [0.1, 0.15) is 0 Å². The Kier molecular flexibility index (Phi) is 6.93. The summed E-state index contributed by atoms with van der Waals surface area (Å²) in [5.74, 6) is -0.0572. The van der Waals surface area contributed by atoms with Crippen LogP contribution in [-0.2, 0) is 16.1 Å². The number of amides is 1. The van der Waals surface area contributed by atoms with Gasteiger partial charge in [-0.05, 0) is 42.8 Å². The van der Waals surface area contributed by atoms with E-state index in [0.717, 1.165) is 5.56 Å². The van der Waals surface area contributed by atoms with Crippen molar-refractivity contribution in [1.29, 1.82) is 0 Å². The minimum absolute atomic E-state index is 0.0872. The molecular weight excluding hydrogens is 350 g/mol. The molecular formula is C20H21NO6. The van der Waals surface area contributed by atoms with Crippen LogP contribution in [0.2, 0.25) is 0 Å². The van der Waals surface area contributed by atoms with Gasteiger partial charge >= 0.3 is 5.97 Å². The van der Waals surface area contributed by atoms with Gasteiger partial charge in [-0.15, -0.1) is 0 Å². The summed E-state index contributed by atoms with van der Waals surface area (Å²) in [4.78, 5) is 34.8. The maximum atomic E-state index is 12.0. The molecule has 0 saturated carbocycles. The predicted molar refractivity (Wildman–Crippen MR) is 98.1 cm³/mol. The van der Waals surface area contributed by atoms with Crippen LogP contribution >= 0.6 is 0 Å². The van der Waals surface area contributed by atoms with Gasteiger partial charge in [0, 0.05) is 12.1 Å². The minimum Gasteiger partial charge on any atom is -0.493 e. The van der Waals surface area contributed by atoms with E-state index in [-0.39, 0.29) is 18.3 Å². The second kappa shape index (κ2) is 9.38. The molecule has 0 heterocycles. The van der Waals surface area contributed by atoms with Gasteiger partial charge in [0.05, 0.1) is 19.8 Å². The Morgan fingerprint density at radius 2 is 1.59 bits per heavy atom. The van der Waals surface area contributed by atoms with E-state index in [4.69, 9.17) is 9.47 Å². The Morgan fingerprint density at radius 3 is 2.19 bits per heavy atom. The van der Waals surface area contributed by atoms with Gasteiger partial charge in [0.25, 0.3) is 5.91 Å². The topological polar surface area (TPSA) is 90.9 Å². The summed E-state index contributed by atoms with van der Waals surface area (Å²) in [7, 11) is 2.78. The van der Waals surface area contributed by atoms with Gasteiger partial charge in [-0.1, -0.05) is 12.1 Å². The first-order chi connectivity index (χ1) is 12.9. The van der Waals surface area contributed by atoms with E-state index in [1.165, 1.54) is 21.1 Å². The fourth-order valence-corrected chi connectivity index (χ4v) is 2.28. The molecule has 0 unspecified atom stereocenters. The number of hydrogen-bond acceptors (Lipinski definition) is 6.